The van der Waals surface area contributed by atoms with E-state index in [0.29, 0.717) is 28.8 Å². The minimum atomic E-state index is -0.198. The van der Waals surface area contributed by atoms with Crippen LogP contribution in [0.4, 0.5) is 0 Å². The number of carbonyl (C=O) groups excluding carboxylic acids is 1. The first-order valence-corrected chi connectivity index (χ1v) is 7.12. The van der Waals surface area contributed by atoms with Crippen LogP contribution in [0.1, 0.15) is 54.9 Å². The molecule has 0 bridgehead atoms. The monoisotopic (exact) mass is 291 g/mol. The first kappa shape index (κ1) is 15.4. The summed E-state index contributed by atoms with van der Waals surface area (Å²) in [5, 5.41) is 16.4. The second kappa shape index (κ2) is 6.22. The predicted octanol–water partition coefficient (Wildman–Crippen LogP) is 2.16. The van der Waals surface area contributed by atoms with Crippen LogP contribution in [0.2, 0.25) is 0 Å². The molecule has 0 aromatic carbocycles. The number of hydrogen-bond acceptors (Lipinski definition) is 5. The molecule has 6 nitrogen and oxygen atoms in total. The van der Waals surface area contributed by atoms with Crippen LogP contribution in [0.25, 0.3) is 11.1 Å². The molecule has 21 heavy (non-hydrogen) atoms. The maximum absolute atomic E-state index is 12.5. The Bertz CT molecular complexity index is 649. The van der Waals surface area contributed by atoms with Gasteiger partial charge in [-0.25, -0.2) is 4.98 Å². The molecule has 0 saturated heterocycles. The highest BCUT2D eigenvalue weighted by atomic mass is 16.5. The van der Waals surface area contributed by atoms with Crippen molar-refractivity contribution in [2.24, 2.45) is 0 Å². The number of aryl methyl sites for hydroxylation is 1. The lowest BCUT2D eigenvalue weighted by Gasteiger charge is -2.14. The highest BCUT2D eigenvalue weighted by molar-refractivity contribution is 6.06. The number of rotatable bonds is 5. The number of amides is 1. The van der Waals surface area contributed by atoms with E-state index in [1.165, 1.54) is 0 Å². The van der Waals surface area contributed by atoms with E-state index in [0.717, 1.165) is 5.69 Å². The van der Waals surface area contributed by atoms with Crippen LogP contribution in [0.15, 0.2) is 10.6 Å². The number of pyridine rings is 1. The second-order valence-corrected chi connectivity index (χ2v) is 5.58. The van der Waals surface area contributed by atoms with Gasteiger partial charge in [0.05, 0.1) is 16.6 Å². The summed E-state index contributed by atoms with van der Waals surface area (Å²) in [4.78, 5) is 16.9. The highest BCUT2D eigenvalue weighted by Gasteiger charge is 2.20. The number of aromatic nitrogens is 2. The normalized spacial score (nSPS) is 12.9. The van der Waals surface area contributed by atoms with Crippen molar-refractivity contribution >= 4 is 17.0 Å². The van der Waals surface area contributed by atoms with E-state index in [-0.39, 0.29) is 24.5 Å². The maximum atomic E-state index is 12.5. The SMILES string of the molecule is Cc1noc2nc(C(C)C)cc(C(=O)NC(C)CCO)c12. The fourth-order valence-corrected chi connectivity index (χ4v) is 2.16. The number of aliphatic hydroxyl groups excluding tert-OH is 1. The molecule has 114 valence electrons. The fraction of sp³-hybridized carbons (Fsp3) is 0.533. The van der Waals surface area contributed by atoms with Crippen molar-refractivity contribution in [2.45, 2.75) is 46.1 Å². The summed E-state index contributed by atoms with van der Waals surface area (Å²) in [5.41, 5.74) is 2.34. The van der Waals surface area contributed by atoms with Crippen LogP contribution < -0.4 is 5.32 Å². The summed E-state index contributed by atoms with van der Waals surface area (Å²) < 4.78 is 5.20. The van der Waals surface area contributed by atoms with Gasteiger partial charge in [0, 0.05) is 18.3 Å². The maximum Gasteiger partial charge on any atom is 0.259 e. The molecule has 1 amide bonds. The van der Waals surface area contributed by atoms with E-state index < -0.39 is 0 Å². The first-order valence-electron chi connectivity index (χ1n) is 7.12. The van der Waals surface area contributed by atoms with Gasteiger partial charge in [0.1, 0.15) is 0 Å². The predicted molar refractivity (Wildman–Crippen MR) is 79.3 cm³/mol. The van der Waals surface area contributed by atoms with Gasteiger partial charge in [0.15, 0.2) is 0 Å². The zero-order valence-electron chi connectivity index (χ0n) is 12.8. The molecule has 0 aliphatic carbocycles. The van der Waals surface area contributed by atoms with Crippen molar-refractivity contribution in [1.82, 2.24) is 15.5 Å². The Balaban J connectivity index is 2.45. The lowest BCUT2D eigenvalue weighted by Crippen LogP contribution is -2.33. The molecule has 2 N–H and O–H groups in total. The molecule has 0 saturated carbocycles. The Labute approximate surface area is 123 Å². The molecule has 2 aromatic rings. The third kappa shape index (κ3) is 3.21. The van der Waals surface area contributed by atoms with Crippen molar-refractivity contribution in [3.8, 4) is 0 Å². The van der Waals surface area contributed by atoms with Gasteiger partial charge >= 0.3 is 0 Å². The molecule has 0 spiro atoms. The zero-order chi connectivity index (χ0) is 15.6. The highest BCUT2D eigenvalue weighted by Crippen LogP contribution is 2.25. The summed E-state index contributed by atoms with van der Waals surface area (Å²) >= 11 is 0. The molecule has 2 rings (SSSR count). The number of nitrogens with zero attached hydrogens (tertiary/aromatic N) is 2. The van der Waals surface area contributed by atoms with E-state index in [9.17, 15) is 4.79 Å². The van der Waals surface area contributed by atoms with Gasteiger partial charge in [-0.05, 0) is 32.3 Å². The molecule has 0 aliphatic rings. The van der Waals surface area contributed by atoms with Crippen molar-refractivity contribution < 1.29 is 14.4 Å². The molecular weight excluding hydrogens is 270 g/mol. The largest absolute Gasteiger partial charge is 0.396 e. The third-order valence-electron chi connectivity index (χ3n) is 3.41. The Hall–Kier alpha value is -1.95. The van der Waals surface area contributed by atoms with Gasteiger partial charge in [0.2, 0.25) is 0 Å². The lowest BCUT2D eigenvalue weighted by molar-refractivity contribution is 0.0936. The van der Waals surface area contributed by atoms with Crippen LogP contribution in [0.5, 0.6) is 0 Å². The van der Waals surface area contributed by atoms with Gasteiger partial charge in [-0.15, -0.1) is 0 Å². The van der Waals surface area contributed by atoms with E-state index in [1.54, 1.807) is 13.0 Å². The van der Waals surface area contributed by atoms with Gasteiger partial charge in [0.25, 0.3) is 11.6 Å². The van der Waals surface area contributed by atoms with Crippen LogP contribution in [0, 0.1) is 6.92 Å². The topological polar surface area (TPSA) is 88.2 Å². The quantitative estimate of drug-likeness (QED) is 0.881. The molecule has 6 heteroatoms. The second-order valence-electron chi connectivity index (χ2n) is 5.58. The number of aliphatic hydroxyl groups is 1. The third-order valence-corrected chi connectivity index (χ3v) is 3.41. The molecule has 0 fully saturated rings. The molecular formula is C15H21N3O3. The Kier molecular flexibility index (Phi) is 4.57. The number of hydrogen-bond donors (Lipinski definition) is 2. The van der Waals surface area contributed by atoms with Crippen LogP contribution >= 0.6 is 0 Å². The molecule has 2 aromatic heterocycles. The molecule has 2 heterocycles. The Morgan fingerprint density at radius 3 is 2.76 bits per heavy atom. The zero-order valence-corrected chi connectivity index (χ0v) is 12.8. The van der Waals surface area contributed by atoms with E-state index in [2.05, 4.69) is 15.5 Å². The van der Waals surface area contributed by atoms with Gasteiger partial charge < -0.3 is 14.9 Å². The molecule has 0 radical (unpaired) electrons. The average molecular weight is 291 g/mol. The van der Waals surface area contributed by atoms with Gasteiger partial charge in [-0.2, -0.15) is 0 Å². The summed E-state index contributed by atoms with van der Waals surface area (Å²) in [7, 11) is 0. The van der Waals surface area contributed by atoms with E-state index >= 15 is 0 Å². The van der Waals surface area contributed by atoms with Gasteiger partial charge in [-0.1, -0.05) is 19.0 Å². The number of fused-ring (bicyclic) bond motifs is 1. The van der Waals surface area contributed by atoms with Crippen molar-refractivity contribution in [2.75, 3.05) is 6.61 Å². The summed E-state index contributed by atoms with van der Waals surface area (Å²) in [6.07, 6.45) is 0.514. The smallest absolute Gasteiger partial charge is 0.259 e. The average Bonchev–Trinajstić information content (AvgIpc) is 2.79. The first-order chi connectivity index (χ1) is 9.93. The minimum Gasteiger partial charge on any atom is -0.396 e. The summed E-state index contributed by atoms with van der Waals surface area (Å²) in [6.45, 7) is 7.70. The number of carbonyl (C=O) groups is 1. The number of nitrogens with one attached hydrogen (secondary N) is 1. The van der Waals surface area contributed by atoms with Gasteiger partial charge in [-0.3, -0.25) is 4.79 Å². The minimum absolute atomic E-state index is 0.0384. The molecule has 1 unspecified atom stereocenters. The standard InChI is InChI=1S/C15H21N3O3/c1-8(2)12-7-11(14(20)16-9(3)5-6-19)13-10(4)18-21-15(13)17-12/h7-9,19H,5-6H2,1-4H3,(H,16,20). The molecule has 1 atom stereocenters. The Morgan fingerprint density at radius 1 is 1.43 bits per heavy atom. The summed E-state index contributed by atoms with van der Waals surface area (Å²) in [6, 6.07) is 1.69. The lowest BCUT2D eigenvalue weighted by atomic mass is 10.0. The van der Waals surface area contributed by atoms with Crippen LogP contribution in [-0.4, -0.2) is 33.8 Å². The van der Waals surface area contributed by atoms with E-state index in [1.807, 2.05) is 20.8 Å². The van der Waals surface area contributed by atoms with Crippen molar-refractivity contribution in [3.63, 3.8) is 0 Å². The van der Waals surface area contributed by atoms with E-state index in [4.69, 9.17) is 9.63 Å². The fourth-order valence-electron chi connectivity index (χ4n) is 2.16. The van der Waals surface area contributed by atoms with Crippen molar-refractivity contribution in [1.29, 1.82) is 0 Å². The Morgan fingerprint density at radius 2 is 2.14 bits per heavy atom. The van der Waals surface area contributed by atoms with Crippen LogP contribution in [-0.2, 0) is 0 Å². The summed E-state index contributed by atoms with van der Waals surface area (Å²) in [5.74, 6) is -0.0160. The molecule has 0 aliphatic heterocycles. The van der Waals surface area contributed by atoms with Crippen molar-refractivity contribution in [3.05, 3.63) is 23.0 Å². The van der Waals surface area contributed by atoms with Crippen LogP contribution in [0.3, 0.4) is 0 Å².